The molecule has 0 spiro atoms. The summed E-state index contributed by atoms with van der Waals surface area (Å²) in [6, 6.07) is 20.7. The van der Waals surface area contributed by atoms with Crippen molar-refractivity contribution in [2.75, 3.05) is 19.0 Å². The predicted octanol–water partition coefficient (Wildman–Crippen LogP) is 3.64. The molecule has 31 heavy (non-hydrogen) atoms. The predicted molar refractivity (Wildman–Crippen MR) is 124 cm³/mol. The quantitative estimate of drug-likeness (QED) is 0.468. The first-order chi connectivity index (χ1) is 15.1. The Morgan fingerprint density at radius 2 is 1.74 bits per heavy atom. The Morgan fingerprint density at radius 1 is 1.00 bits per heavy atom. The van der Waals surface area contributed by atoms with Crippen LogP contribution in [0.3, 0.4) is 0 Å². The summed E-state index contributed by atoms with van der Waals surface area (Å²) in [5, 5.41) is 7.94. The number of methoxy groups -OCH3 is 1. The lowest BCUT2D eigenvalue weighted by molar-refractivity contribution is -0.126. The molecule has 6 nitrogen and oxygen atoms in total. The summed E-state index contributed by atoms with van der Waals surface area (Å²) >= 11 is 0. The summed E-state index contributed by atoms with van der Waals surface area (Å²) in [7, 11) is 1.62. The number of anilines is 1. The molecular formula is C25H29N3O3. The highest BCUT2D eigenvalue weighted by molar-refractivity contribution is 5.99. The van der Waals surface area contributed by atoms with Gasteiger partial charge in [0.05, 0.1) is 7.11 Å². The summed E-state index contributed by atoms with van der Waals surface area (Å²) in [5.41, 5.74) is 7.37. The molecule has 6 heteroatoms. The molecule has 3 aromatic carbocycles. The van der Waals surface area contributed by atoms with Crippen LogP contribution in [-0.2, 0) is 16.0 Å². The lowest BCUT2D eigenvalue weighted by Gasteiger charge is -2.18. The van der Waals surface area contributed by atoms with Gasteiger partial charge < -0.3 is 21.1 Å². The minimum absolute atomic E-state index is 0.161. The lowest BCUT2D eigenvalue weighted by atomic mass is 10.1. The average Bonchev–Trinajstić information content (AvgIpc) is 2.80. The van der Waals surface area contributed by atoms with E-state index in [0.717, 1.165) is 22.1 Å². The Kier molecular flexibility index (Phi) is 8.01. The number of benzene rings is 3. The first-order valence-corrected chi connectivity index (χ1v) is 10.5. The summed E-state index contributed by atoms with van der Waals surface area (Å²) in [4.78, 5) is 25.4. The van der Waals surface area contributed by atoms with Gasteiger partial charge in [0.15, 0.2) is 0 Å². The second-order valence-corrected chi connectivity index (χ2v) is 7.45. The first kappa shape index (κ1) is 22.3. The van der Waals surface area contributed by atoms with Crippen molar-refractivity contribution in [3.05, 3.63) is 72.3 Å². The molecule has 3 rings (SSSR count). The highest BCUT2D eigenvalue weighted by Gasteiger charge is 2.20. The Bertz CT molecular complexity index is 1020. The zero-order valence-electron chi connectivity index (χ0n) is 17.8. The van der Waals surface area contributed by atoms with Crippen LogP contribution < -0.4 is 21.1 Å². The molecular weight excluding hydrogens is 390 g/mol. The normalized spacial score (nSPS) is 11.7. The number of fused-ring (bicyclic) bond motifs is 1. The number of carbonyl (C=O) groups is 2. The van der Waals surface area contributed by atoms with E-state index in [1.165, 1.54) is 0 Å². The van der Waals surface area contributed by atoms with Crippen LogP contribution in [0.4, 0.5) is 5.69 Å². The van der Waals surface area contributed by atoms with Crippen LogP contribution in [0, 0.1) is 0 Å². The molecule has 3 aromatic rings. The number of hydrogen-bond acceptors (Lipinski definition) is 4. The second-order valence-electron chi connectivity index (χ2n) is 7.45. The van der Waals surface area contributed by atoms with E-state index in [9.17, 15) is 9.59 Å². The molecule has 1 atom stereocenters. The molecule has 0 bridgehead atoms. The van der Waals surface area contributed by atoms with Crippen LogP contribution in [0.25, 0.3) is 10.8 Å². The maximum absolute atomic E-state index is 12.9. The fraction of sp³-hybridized carbons (Fsp3) is 0.280. The zero-order chi connectivity index (χ0) is 22.1. The molecule has 0 saturated carbocycles. The van der Waals surface area contributed by atoms with Crippen molar-refractivity contribution in [3.8, 4) is 5.75 Å². The molecule has 0 fully saturated rings. The van der Waals surface area contributed by atoms with Gasteiger partial charge in [-0.15, -0.1) is 0 Å². The van der Waals surface area contributed by atoms with Gasteiger partial charge in [0.2, 0.25) is 11.8 Å². The minimum Gasteiger partial charge on any atom is -0.497 e. The van der Waals surface area contributed by atoms with Crippen LogP contribution in [0.1, 0.15) is 24.8 Å². The largest absolute Gasteiger partial charge is 0.497 e. The van der Waals surface area contributed by atoms with E-state index in [1.807, 2.05) is 66.7 Å². The molecule has 0 heterocycles. The van der Waals surface area contributed by atoms with E-state index < -0.39 is 6.04 Å². The Balaban J connectivity index is 1.59. The third-order valence-corrected chi connectivity index (χ3v) is 5.17. The van der Waals surface area contributed by atoms with Crippen LogP contribution in [0.15, 0.2) is 66.7 Å². The van der Waals surface area contributed by atoms with Gasteiger partial charge in [-0.3, -0.25) is 9.59 Å². The number of aryl methyl sites for hydroxylation is 1. The van der Waals surface area contributed by atoms with Crippen molar-refractivity contribution in [2.45, 2.75) is 31.7 Å². The highest BCUT2D eigenvalue weighted by atomic mass is 16.5. The van der Waals surface area contributed by atoms with Crippen molar-refractivity contribution < 1.29 is 14.3 Å². The number of carbonyl (C=O) groups excluding carboxylic acids is 2. The van der Waals surface area contributed by atoms with E-state index >= 15 is 0 Å². The van der Waals surface area contributed by atoms with Gasteiger partial charge in [0.1, 0.15) is 11.8 Å². The summed E-state index contributed by atoms with van der Waals surface area (Å²) in [6.07, 6.45) is 2.03. The van der Waals surface area contributed by atoms with E-state index in [1.54, 1.807) is 7.11 Å². The molecule has 2 amide bonds. The molecule has 0 aromatic heterocycles. The minimum atomic E-state index is -0.626. The van der Waals surface area contributed by atoms with Gasteiger partial charge in [0.25, 0.3) is 0 Å². The van der Waals surface area contributed by atoms with Crippen molar-refractivity contribution >= 4 is 28.3 Å². The number of nitrogens with one attached hydrogen (secondary N) is 2. The van der Waals surface area contributed by atoms with Crippen molar-refractivity contribution in [3.63, 3.8) is 0 Å². The monoisotopic (exact) mass is 419 g/mol. The van der Waals surface area contributed by atoms with Crippen LogP contribution in [-0.4, -0.2) is 31.5 Å². The lowest BCUT2D eigenvalue weighted by Crippen LogP contribution is -2.44. The van der Waals surface area contributed by atoms with E-state index in [2.05, 4.69) is 10.6 Å². The average molecular weight is 420 g/mol. The Labute approximate surface area is 182 Å². The number of ether oxygens (including phenoxy) is 1. The number of amides is 2. The number of hydrogen-bond donors (Lipinski definition) is 3. The topological polar surface area (TPSA) is 93.4 Å². The van der Waals surface area contributed by atoms with Gasteiger partial charge in [-0.2, -0.15) is 0 Å². The zero-order valence-corrected chi connectivity index (χ0v) is 17.8. The van der Waals surface area contributed by atoms with Crippen LogP contribution in [0.2, 0.25) is 0 Å². The van der Waals surface area contributed by atoms with E-state index in [-0.39, 0.29) is 11.8 Å². The third-order valence-electron chi connectivity index (χ3n) is 5.17. The fourth-order valence-corrected chi connectivity index (χ4v) is 3.40. The van der Waals surface area contributed by atoms with Gasteiger partial charge in [-0.25, -0.2) is 0 Å². The molecule has 0 radical (unpaired) electrons. The van der Waals surface area contributed by atoms with Gasteiger partial charge in [0, 0.05) is 12.1 Å². The Hall–Kier alpha value is -3.38. The standard InChI is InChI=1S/C25H29N3O3/c1-31-22-13-8-18(9-14-22)10-15-24(29)28-23(7-4-16-26)25(30)27-21-12-11-19-5-2-3-6-20(19)17-21/h2-3,5-6,8-9,11-14,17,23H,4,7,10,15-16,26H2,1H3,(H,27,30)(H,28,29)/t23-/m0/s1. The van der Waals surface area contributed by atoms with Gasteiger partial charge >= 0.3 is 0 Å². The highest BCUT2D eigenvalue weighted by Crippen LogP contribution is 2.19. The van der Waals surface area contributed by atoms with Crippen molar-refractivity contribution in [1.29, 1.82) is 0 Å². The summed E-state index contributed by atoms with van der Waals surface area (Å²) in [5.74, 6) is 0.383. The fourth-order valence-electron chi connectivity index (χ4n) is 3.40. The summed E-state index contributed by atoms with van der Waals surface area (Å²) < 4.78 is 5.15. The van der Waals surface area contributed by atoms with Crippen LogP contribution >= 0.6 is 0 Å². The van der Waals surface area contributed by atoms with Crippen LogP contribution in [0.5, 0.6) is 5.75 Å². The maximum Gasteiger partial charge on any atom is 0.246 e. The van der Waals surface area contributed by atoms with Gasteiger partial charge in [-0.05, 0) is 66.4 Å². The smallest absolute Gasteiger partial charge is 0.246 e. The molecule has 0 aliphatic heterocycles. The van der Waals surface area contributed by atoms with Crippen molar-refractivity contribution in [1.82, 2.24) is 5.32 Å². The SMILES string of the molecule is COc1ccc(CCC(=O)N[C@@H](CCCN)C(=O)Nc2ccc3ccccc3c2)cc1. The number of nitrogens with two attached hydrogens (primary N) is 1. The molecule has 0 saturated heterocycles. The molecule has 0 unspecified atom stereocenters. The van der Waals surface area contributed by atoms with Crippen molar-refractivity contribution in [2.24, 2.45) is 5.73 Å². The molecule has 0 aliphatic carbocycles. The maximum atomic E-state index is 12.9. The number of rotatable bonds is 10. The van der Waals surface area contributed by atoms with E-state index in [4.69, 9.17) is 10.5 Å². The third kappa shape index (κ3) is 6.55. The molecule has 4 N–H and O–H groups in total. The summed E-state index contributed by atoms with van der Waals surface area (Å²) in [6.45, 7) is 0.460. The second kappa shape index (κ2) is 11.1. The molecule has 0 aliphatic rings. The Morgan fingerprint density at radius 3 is 2.45 bits per heavy atom. The van der Waals surface area contributed by atoms with Gasteiger partial charge in [-0.1, -0.05) is 42.5 Å². The molecule has 162 valence electrons. The first-order valence-electron chi connectivity index (χ1n) is 10.5. The van der Waals surface area contributed by atoms with E-state index in [0.29, 0.717) is 37.9 Å².